The molecule has 0 bridgehead atoms. The Labute approximate surface area is 176 Å². The zero-order chi connectivity index (χ0) is 20.9. The van der Waals surface area contributed by atoms with Crippen molar-refractivity contribution in [3.05, 3.63) is 39.0 Å². The summed E-state index contributed by atoms with van der Waals surface area (Å²) in [6.45, 7) is 0. The average molecular weight is 451 g/mol. The number of ether oxygens (including phenoxy) is 2. The van der Waals surface area contributed by atoms with Crippen LogP contribution in [0.25, 0.3) is 10.2 Å². The molecule has 1 amide bonds. The first-order valence-corrected chi connectivity index (χ1v) is 11.1. The van der Waals surface area contributed by atoms with Gasteiger partial charge in [0.1, 0.15) is 4.83 Å². The Morgan fingerprint density at radius 3 is 2.93 bits per heavy atom. The second kappa shape index (κ2) is 7.24. The summed E-state index contributed by atoms with van der Waals surface area (Å²) in [5.41, 5.74) is 1.22. The van der Waals surface area contributed by atoms with E-state index in [-0.39, 0.29) is 28.7 Å². The number of nitrogens with zero attached hydrogens (tertiary/aromatic N) is 1. The topological polar surface area (TPSA) is 93.3 Å². The summed E-state index contributed by atoms with van der Waals surface area (Å²) >= 11 is 2.64. The fourth-order valence-corrected chi connectivity index (χ4v) is 5.55. The van der Waals surface area contributed by atoms with Crippen molar-refractivity contribution < 1.29 is 23.0 Å². The van der Waals surface area contributed by atoms with E-state index < -0.39 is 6.29 Å². The van der Waals surface area contributed by atoms with Crippen molar-refractivity contribution in [2.24, 2.45) is 0 Å². The number of carbonyl (C=O) groups excluding carboxylic acids is 1. The van der Waals surface area contributed by atoms with Crippen molar-refractivity contribution in [2.75, 3.05) is 11.1 Å². The zero-order valence-corrected chi connectivity index (χ0v) is 17.1. The molecule has 3 aromatic rings. The van der Waals surface area contributed by atoms with Gasteiger partial charge < -0.3 is 19.8 Å². The van der Waals surface area contributed by atoms with Crippen LogP contribution in [0.5, 0.6) is 11.5 Å². The Morgan fingerprint density at radius 2 is 2.07 bits per heavy atom. The van der Waals surface area contributed by atoms with Crippen LogP contribution in [0.3, 0.4) is 0 Å². The number of thioether (sulfide) groups is 1. The van der Waals surface area contributed by atoms with E-state index in [1.165, 1.54) is 23.1 Å². The van der Waals surface area contributed by atoms with E-state index in [2.05, 4.69) is 24.8 Å². The summed E-state index contributed by atoms with van der Waals surface area (Å²) < 4.78 is 34.9. The second-order valence-electron chi connectivity index (χ2n) is 6.93. The van der Waals surface area contributed by atoms with Gasteiger partial charge in [-0.15, -0.1) is 20.1 Å². The van der Waals surface area contributed by atoms with Gasteiger partial charge in [-0.3, -0.25) is 9.59 Å². The van der Waals surface area contributed by atoms with Crippen molar-refractivity contribution in [2.45, 2.75) is 37.1 Å². The molecule has 7 nitrogen and oxygen atoms in total. The standard InChI is InChI=1S/C19H15F2N3O4S2/c20-19(21)27-11-6-5-9(7-12(11)28-19)22-14(25)8-29-18-23-16(26)15-10-3-1-2-4-13(10)30-17(15)24-18/h5-7H,1-4,8H2,(H,22,25)(H,23,24,26). The summed E-state index contributed by atoms with van der Waals surface area (Å²) in [7, 11) is 0. The Balaban J connectivity index is 1.27. The van der Waals surface area contributed by atoms with Crippen LogP contribution >= 0.6 is 23.1 Å². The van der Waals surface area contributed by atoms with E-state index in [1.807, 2.05) is 0 Å². The minimum Gasteiger partial charge on any atom is -0.395 e. The maximum atomic E-state index is 13.1. The SMILES string of the molecule is O=C(CSc1nc2sc3c(c2c(=O)[nH]1)CCCC3)Nc1ccc2c(c1)OC(F)(F)O2. The van der Waals surface area contributed by atoms with Gasteiger partial charge in [-0.2, -0.15) is 0 Å². The number of hydrogen-bond donors (Lipinski definition) is 2. The number of anilines is 1. The number of thiophene rings is 1. The highest BCUT2D eigenvalue weighted by atomic mass is 32.2. The van der Waals surface area contributed by atoms with Gasteiger partial charge in [0.15, 0.2) is 16.7 Å². The Bertz CT molecular complexity index is 1220. The van der Waals surface area contributed by atoms with Crippen LogP contribution in [0.4, 0.5) is 14.5 Å². The third-order valence-electron chi connectivity index (χ3n) is 4.83. The lowest BCUT2D eigenvalue weighted by Gasteiger charge is -2.09. The smallest absolute Gasteiger partial charge is 0.395 e. The number of carbonyl (C=O) groups is 1. The van der Waals surface area contributed by atoms with Crippen LogP contribution < -0.4 is 20.3 Å². The molecule has 3 heterocycles. The number of amides is 1. The van der Waals surface area contributed by atoms with Crippen LogP contribution in [0.15, 0.2) is 28.2 Å². The molecule has 0 saturated heterocycles. The number of halogens is 2. The molecule has 0 saturated carbocycles. The van der Waals surface area contributed by atoms with Gasteiger partial charge in [0.05, 0.1) is 11.1 Å². The number of rotatable bonds is 4. The van der Waals surface area contributed by atoms with E-state index in [0.29, 0.717) is 21.1 Å². The van der Waals surface area contributed by atoms with E-state index in [1.54, 1.807) is 11.3 Å². The van der Waals surface area contributed by atoms with Crippen molar-refractivity contribution in [1.82, 2.24) is 9.97 Å². The minimum atomic E-state index is -3.71. The number of hydrogen-bond acceptors (Lipinski definition) is 7. The van der Waals surface area contributed by atoms with E-state index in [0.717, 1.165) is 43.0 Å². The first-order valence-electron chi connectivity index (χ1n) is 9.25. The number of alkyl halides is 2. The summed E-state index contributed by atoms with van der Waals surface area (Å²) in [4.78, 5) is 34.0. The lowest BCUT2D eigenvalue weighted by Crippen LogP contribution is -2.25. The van der Waals surface area contributed by atoms with Gasteiger partial charge in [0.2, 0.25) is 5.91 Å². The van der Waals surface area contributed by atoms with Gasteiger partial charge in [-0.1, -0.05) is 11.8 Å². The van der Waals surface area contributed by atoms with Gasteiger partial charge in [0, 0.05) is 16.6 Å². The molecule has 0 fully saturated rings. The molecule has 156 valence electrons. The molecular weight excluding hydrogens is 436 g/mol. The quantitative estimate of drug-likeness (QED) is 0.461. The molecule has 2 aromatic heterocycles. The van der Waals surface area contributed by atoms with Crippen LogP contribution in [0, 0.1) is 0 Å². The molecule has 1 aromatic carbocycles. The fourth-order valence-electron chi connectivity index (χ4n) is 3.57. The first kappa shape index (κ1) is 19.3. The van der Waals surface area contributed by atoms with Gasteiger partial charge >= 0.3 is 6.29 Å². The lowest BCUT2D eigenvalue weighted by molar-refractivity contribution is -0.286. The summed E-state index contributed by atoms with van der Waals surface area (Å²) in [6.07, 6.45) is 0.361. The van der Waals surface area contributed by atoms with Crippen molar-refractivity contribution in [3.63, 3.8) is 0 Å². The number of fused-ring (bicyclic) bond motifs is 4. The molecule has 30 heavy (non-hydrogen) atoms. The molecule has 0 atom stereocenters. The van der Waals surface area contributed by atoms with Gasteiger partial charge in [0.25, 0.3) is 5.56 Å². The fraction of sp³-hybridized carbons (Fsp3) is 0.316. The highest BCUT2D eigenvalue weighted by molar-refractivity contribution is 7.99. The lowest BCUT2D eigenvalue weighted by atomic mass is 9.97. The highest BCUT2D eigenvalue weighted by Crippen LogP contribution is 2.42. The average Bonchev–Trinajstić information content (AvgIpc) is 3.21. The largest absolute Gasteiger partial charge is 0.586 e. The Kier molecular flexibility index (Phi) is 4.66. The molecule has 5 rings (SSSR count). The predicted molar refractivity (Wildman–Crippen MR) is 109 cm³/mol. The van der Waals surface area contributed by atoms with Crippen molar-refractivity contribution >= 4 is 44.9 Å². The number of nitrogens with one attached hydrogen (secondary N) is 2. The molecule has 11 heteroatoms. The van der Waals surface area contributed by atoms with Crippen molar-refractivity contribution in [1.29, 1.82) is 0 Å². The maximum absolute atomic E-state index is 13.1. The predicted octanol–water partition coefficient (Wildman–Crippen LogP) is 3.92. The van der Waals surface area contributed by atoms with E-state index in [4.69, 9.17) is 0 Å². The molecule has 2 aliphatic rings. The van der Waals surface area contributed by atoms with Gasteiger partial charge in [-0.25, -0.2) is 4.98 Å². The zero-order valence-electron chi connectivity index (χ0n) is 15.4. The minimum absolute atomic E-state index is 0.00978. The number of benzene rings is 1. The molecule has 0 radical (unpaired) electrons. The molecular formula is C19H15F2N3O4S2. The Morgan fingerprint density at radius 1 is 1.27 bits per heavy atom. The number of H-pyrrole nitrogens is 1. The highest BCUT2D eigenvalue weighted by Gasteiger charge is 2.43. The van der Waals surface area contributed by atoms with E-state index in [9.17, 15) is 18.4 Å². The van der Waals surface area contributed by atoms with Crippen LogP contribution in [0.1, 0.15) is 23.3 Å². The number of aryl methyl sites for hydroxylation is 2. The number of aromatic nitrogens is 2. The van der Waals surface area contributed by atoms with Crippen LogP contribution in [-0.4, -0.2) is 27.9 Å². The summed E-state index contributed by atoms with van der Waals surface area (Å²) in [6, 6.07) is 4.00. The monoisotopic (exact) mass is 451 g/mol. The molecule has 1 aliphatic heterocycles. The van der Waals surface area contributed by atoms with Crippen LogP contribution in [0.2, 0.25) is 0 Å². The normalized spacial score (nSPS) is 16.5. The third kappa shape index (κ3) is 3.63. The summed E-state index contributed by atoms with van der Waals surface area (Å²) in [5.74, 6) is -0.632. The molecule has 1 aliphatic carbocycles. The maximum Gasteiger partial charge on any atom is 0.586 e. The number of aromatic amines is 1. The molecule has 0 unspecified atom stereocenters. The molecule has 0 spiro atoms. The van der Waals surface area contributed by atoms with E-state index >= 15 is 0 Å². The first-order chi connectivity index (χ1) is 14.4. The second-order valence-corrected chi connectivity index (χ2v) is 8.98. The van der Waals surface area contributed by atoms with Crippen molar-refractivity contribution in [3.8, 4) is 11.5 Å². The molecule has 2 N–H and O–H groups in total. The van der Waals surface area contributed by atoms with Crippen LogP contribution in [-0.2, 0) is 17.6 Å². The third-order valence-corrected chi connectivity index (χ3v) is 6.89. The summed E-state index contributed by atoms with van der Waals surface area (Å²) in [5, 5.41) is 3.64. The van der Waals surface area contributed by atoms with Gasteiger partial charge in [-0.05, 0) is 43.4 Å². The Hall–Kier alpha value is -2.66.